The average Bonchev–Trinajstić information content (AvgIpc) is 3.05. The fraction of sp³-hybridized carbons (Fsp3) is 0.0667. The topological polar surface area (TPSA) is 91.3 Å². The first-order valence-electron chi connectivity index (χ1n) is 6.51. The molecule has 1 aromatic heterocycles. The number of non-ortho nitro benzene ring substituents is 1. The van der Waals surface area contributed by atoms with Crippen LogP contribution in [0.3, 0.4) is 0 Å². The molecule has 3 rings (SSSR count). The van der Waals surface area contributed by atoms with E-state index in [1.165, 1.54) is 18.2 Å². The van der Waals surface area contributed by atoms with Gasteiger partial charge in [0.25, 0.3) is 11.6 Å². The summed E-state index contributed by atoms with van der Waals surface area (Å²) >= 11 is 6.07. The van der Waals surface area contributed by atoms with Crippen LogP contribution >= 0.6 is 11.6 Å². The number of halogens is 1. The monoisotopic (exact) mass is 331 g/mol. The fourth-order valence-electron chi connectivity index (χ4n) is 2.00. The Morgan fingerprint density at radius 2 is 2.09 bits per heavy atom. The van der Waals surface area contributed by atoms with Crippen LogP contribution in [-0.4, -0.2) is 22.2 Å². The molecular formula is C15H10ClN3O4. The van der Waals surface area contributed by atoms with Gasteiger partial charge in [0.2, 0.25) is 5.82 Å². The van der Waals surface area contributed by atoms with Crippen molar-refractivity contribution in [3.63, 3.8) is 0 Å². The molecule has 0 saturated carbocycles. The lowest BCUT2D eigenvalue weighted by atomic mass is 10.2. The molecule has 0 bridgehead atoms. The molecule has 0 unspecified atom stereocenters. The second-order valence-corrected chi connectivity index (χ2v) is 4.98. The Morgan fingerprint density at radius 1 is 1.26 bits per heavy atom. The quantitative estimate of drug-likeness (QED) is 0.530. The molecular weight excluding hydrogens is 322 g/mol. The van der Waals surface area contributed by atoms with Crippen molar-refractivity contribution in [2.75, 3.05) is 7.11 Å². The summed E-state index contributed by atoms with van der Waals surface area (Å²) in [5.41, 5.74) is 0.897. The Balaban J connectivity index is 2.02. The smallest absolute Gasteiger partial charge is 0.270 e. The number of benzene rings is 2. The van der Waals surface area contributed by atoms with Crippen LogP contribution in [0.25, 0.3) is 22.8 Å². The summed E-state index contributed by atoms with van der Waals surface area (Å²) in [5, 5.41) is 15.0. The Hall–Kier alpha value is -2.93. The molecule has 3 aromatic rings. The molecule has 0 aliphatic carbocycles. The predicted molar refractivity (Wildman–Crippen MR) is 83.4 cm³/mol. The van der Waals surface area contributed by atoms with Gasteiger partial charge in [-0.1, -0.05) is 28.9 Å². The van der Waals surface area contributed by atoms with Crippen LogP contribution < -0.4 is 4.74 Å². The van der Waals surface area contributed by atoms with E-state index in [9.17, 15) is 10.1 Å². The van der Waals surface area contributed by atoms with Crippen LogP contribution in [0, 0.1) is 10.1 Å². The maximum Gasteiger partial charge on any atom is 0.270 e. The zero-order chi connectivity index (χ0) is 16.4. The molecule has 0 atom stereocenters. The van der Waals surface area contributed by atoms with Crippen molar-refractivity contribution in [1.29, 1.82) is 0 Å². The van der Waals surface area contributed by atoms with Gasteiger partial charge in [-0.3, -0.25) is 10.1 Å². The maximum atomic E-state index is 10.9. The van der Waals surface area contributed by atoms with Crippen molar-refractivity contribution in [3.8, 4) is 28.6 Å². The molecule has 0 saturated heterocycles. The van der Waals surface area contributed by atoms with Crippen molar-refractivity contribution in [2.45, 2.75) is 0 Å². The van der Waals surface area contributed by atoms with Gasteiger partial charge in [-0.2, -0.15) is 4.98 Å². The number of nitro benzene ring substituents is 1. The molecule has 0 aliphatic heterocycles. The van der Waals surface area contributed by atoms with Gasteiger partial charge in [0.15, 0.2) is 0 Å². The molecule has 23 heavy (non-hydrogen) atoms. The average molecular weight is 332 g/mol. The number of ether oxygens (including phenoxy) is 1. The number of hydrogen-bond donors (Lipinski definition) is 0. The van der Waals surface area contributed by atoms with Gasteiger partial charge in [0.1, 0.15) is 5.75 Å². The summed E-state index contributed by atoms with van der Waals surface area (Å²) in [5.74, 6) is 1.10. The van der Waals surface area contributed by atoms with E-state index in [1.807, 2.05) is 0 Å². The van der Waals surface area contributed by atoms with E-state index in [0.717, 1.165) is 0 Å². The van der Waals surface area contributed by atoms with E-state index in [-0.39, 0.29) is 16.6 Å². The number of aromatic nitrogens is 2. The lowest BCUT2D eigenvalue weighted by molar-refractivity contribution is -0.384. The van der Waals surface area contributed by atoms with Crippen molar-refractivity contribution in [3.05, 3.63) is 57.6 Å². The molecule has 0 N–H and O–H groups in total. The fourth-order valence-corrected chi connectivity index (χ4v) is 2.20. The molecule has 0 fully saturated rings. The zero-order valence-electron chi connectivity index (χ0n) is 11.9. The van der Waals surface area contributed by atoms with Gasteiger partial charge in [-0.25, -0.2) is 0 Å². The van der Waals surface area contributed by atoms with E-state index in [2.05, 4.69) is 10.1 Å². The van der Waals surface area contributed by atoms with Crippen LogP contribution in [0.1, 0.15) is 0 Å². The van der Waals surface area contributed by atoms with Crippen molar-refractivity contribution < 1.29 is 14.2 Å². The van der Waals surface area contributed by atoms with Crippen molar-refractivity contribution in [2.24, 2.45) is 0 Å². The first-order chi connectivity index (χ1) is 11.1. The normalized spacial score (nSPS) is 10.5. The van der Waals surface area contributed by atoms with E-state index in [0.29, 0.717) is 22.7 Å². The Labute approximate surface area is 135 Å². The number of hydrogen-bond acceptors (Lipinski definition) is 6. The van der Waals surface area contributed by atoms with Gasteiger partial charge in [-0.05, 0) is 18.2 Å². The molecule has 8 heteroatoms. The molecule has 116 valence electrons. The van der Waals surface area contributed by atoms with Crippen LogP contribution in [0.2, 0.25) is 5.02 Å². The van der Waals surface area contributed by atoms with E-state index < -0.39 is 4.92 Å². The minimum absolute atomic E-state index is 0.106. The number of rotatable bonds is 4. The lowest BCUT2D eigenvalue weighted by Gasteiger charge is -2.00. The standard InChI is InChI=1S/C15H10ClN3O4/c1-22-11-4-2-3-9(7-11)14-17-15(23-18-14)12-8-10(19(20)21)5-6-13(12)16/h2-8H,1H3. The van der Waals surface area contributed by atoms with Crippen LogP contribution in [0.5, 0.6) is 5.75 Å². The van der Waals surface area contributed by atoms with Gasteiger partial charge in [-0.15, -0.1) is 0 Å². The predicted octanol–water partition coefficient (Wildman–Crippen LogP) is 3.97. The van der Waals surface area contributed by atoms with Gasteiger partial charge < -0.3 is 9.26 Å². The second kappa shape index (κ2) is 6.05. The summed E-state index contributed by atoms with van der Waals surface area (Å²) in [6, 6.07) is 11.2. The highest BCUT2D eigenvalue weighted by Crippen LogP contribution is 2.32. The van der Waals surface area contributed by atoms with Crippen molar-refractivity contribution in [1.82, 2.24) is 10.1 Å². The summed E-state index contributed by atoms with van der Waals surface area (Å²) < 4.78 is 10.3. The molecule has 0 amide bonds. The third kappa shape index (κ3) is 3.00. The summed E-state index contributed by atoms with van der Waals surface area (Å²) in [4.78, 5) is 14.6. The SMILES string of the molecule is COc1cccc(-c2noc(-c3cc([N+](=O)[O-])ccc3Cl)n2)c1. The van der Waals surface area contributed by atoms with Crippen LogP contribution in [0.15, 0.2) is 47.0 Å². The molecule has 1 heterocycles. The minimum Gasteiger partial charge on any atom is -0.497 e. The molecule has 2 aromatic carbocycles. The van der Waals surface area contributed by atoms with Gasteiger partial charge >= 0.3 is 0 Å². The van der Waals surface area contributed by atoms with E-state index >= 15 is 0 Å². The number of methoxy groups -OCH3 is 1. The highest BCUT2D eigenvalue weighted by molar-refractivity contribution is 6.33. The summed E-state index contributed by atoms with van der Waals surface area (Å²) in [6.07, 6.45) is 0. The first-order valence-corrected chi connectivity index (χ1v) is 6.88. The van der Waals surface area contributed by atoms with E-state index in [4.69, 9.17) is 20.9 Å². The van der Waals surface area contributed by atoms with Crippen LogP contribution in [-0.2, 0) is 0 Å². The Bertz CT molecular complexity index is 879. The van der Waals surface area contributed by atoms with E-state index in [1.54, 1.807) is 31.4 Å². The minimum atomic E-state index is -0.515. The summed E-state index contributed by atoms with van der Waals surface area (Å²) in [6.45, 7) is 0. The highest BCUT2D eigenvalue weighted by atomic mass is 35.5. The lowest BCUT2D eigenvalue weighted by Crippen LogP contribution is -1.89. The number of nitro groups is 1. The molecule has 0 spiro atoms. The highest BCUT2D eigenvalue weighted by Gasteiger charge is 2.17. The van der Waals surface area contributed by atoms with Crippen molar-refractivity contribution >= 4 is 17.3 Å². The number of nitrogens with zero attached hydrogens (tertiary/aromatic N) is 3. The van der Waals surface area contributed by atoms with Gasteiger partial charge in [0, 0.05) is 17.7 Å². The zero-order valence-corrected chi connectivity index (χ0v) is 12.6. The van der Waals surface area contributed by atoms with Crippen LogP contribution in [0.4, 0.5) is 5.69 Å². The third-order valence-corrected chi connectivity index (χ3v) is 3.47. The molecule has 7 nitrogen and oxygen atoms in total. The largest absolute Gasteiger partial charge is 0.497 e. The molecule has 0 radical (unpaired) electrons. The summed E-state index contributed by atoms with van der Waals surface area (Å²) in [7, 11) is 1.56. The maximum absolute atomic E-state index is 10.9. The third-order valence-electron chi connectivity index (χ3n) is 3.15. The van der Waals surface area contributed by atoms with Gasteiger partial charge in [0.05, 0.1) is 22.6 Å². The Kier molecular flexibility index (Phi) is 3.94. The first kappa shape index (κ1) is 15.0. The second-order valence-electron chi connectivity index (χ2n) is 4.58. The molecule has 0 aliphatic rings. The Morgan fingerprint density at radius 3 is 2.83 bits per heavy atom.